The first-order chi connectivity index (χ1) is 13.3. The summed E-state index contributed by atoms with van der Waals surface area (Å²) in [5.74, 6) is 0.720. The molecule has 0 saturated carbocycles. The molecule has 0 bridgehead atoms. The van der Waals surface area contributed by atoms with Crippen molar-refractivity contribution in [2.45, 2.75) is 38.4 Å². The smallest absolute Gasteiger partial charge is 0.350 e. The van der Waals surface area contributed by atoms with Crippen molar-refractivity contribution in [1.29, 1.82) is 0 Å². The third-order valence-electron chi connectivity index (χ3n) is 4.10. The number of amides is 1. The quantitative estimate of drug-likeness (QED) is 0.595. The Morgan fingerprint density at radius 3 is 2.82 bits per heavy atom. The summed E-state index contributed by atoms with van der Waals surface area (Å²) in [7, 11) is 0. The lowest BCUT2D eigenvalue weighted by atomic mass is 10.0. The van der Waals surface area contributed by atoms with Gasteiger partial charge in [0, 0.05) is 12.8 Å². The molecule has 3 aromatic rings. The van der Waals surface area contributed by atoms with Crippen LogP contribution in [0.2, 0.25) is 0 Å². The van der Waals surface area contributed by atoms with Crippen molar-refractivity contribution >= 4 is 17.2 Å². The number of hydrogen-bond donors (Lipinski definition) is 1. The van der Waals surface area contributed by atoms with E-state index in [4.69, 9.17) is 4.52 Å². The molecule has 9 heteroatoms. The summed E-state index contributed by atoms with van der Waals surface area (Å²) >= 11 is 1.51. The van der Waals surface area contributed by atoms with E-state index in [1.165, 1.54) is 17.4 Å². The normalized spacial score (nSPS) is 12.7. The fourth-order valence-corrected chi connectivity index (χ4v) is 3.29. The van der Waals surface area contributed by atoms with Crippen LogP contribution in [-0.2, 0) is 17.4 Å². The first kappa shape index (κ1) is 20.1. The molecule has 0 radical (unpaired) electrons. The summed E-state index contributed by atoms with van der Waals surface area (Å²) in [6.07, 6.45) is -3.26. The Labute approximate surface area is 163 Å². The molecule has 1 atom stereocenters. The average molecular weight is 409 g/mol. The van der Waals surface area contributed by atoms with Crippen molar-refractivity contribution in [2.75, 3.05) is 0 Å². The van der Waals surface area contributed by atoms with Crippen LogP contribution >= 0.6 is 11.3 Å². The van der Waals surface area contributed by atoms with Crippen LogP contribution in [0.5, 0.6) is 0 Å². The first-order valence-electron chi connectivity index (χ1n) is 8.66. The van der Waals surface area contributed by atoms with Gasteiger partial charge in [-0.1, -0.05) is 23.4 Å². The highest BCUT2D eigenvalue weighted by atomic mass is 32.1. The second kappa shape index (κ2) is 8.55. The largest absolute Gasteiger partial charge is 0.416 e. The van der Waals surface area contributed by atoms with Gasteiger partial charge < -0.3 is 9.84 Å². The predicted molar refractivity (Wildman–Crippen MR) is 98.6 cm³/mol. The van der Waals surface area contributed by atoms with Gasteiger partial charge in [0.2, 0.25) is 17.6 Å². The third-order valence-corrected chi connectivity index (χ3v) is 4.96. The van der Waals surface area contributed by atoms with E-state index >= 15 is 0 Å². The van der Waals surface area contributed by atoms with Gasteiger partial charge in [-0.05, 0) is 42.5 Å². The Kier molecular flexibility index (Phi) is 6.13. The molecule has 0 saturated heterocycles. The number of nitrogens with zero attached hydrogens (tertiary/aromatic N) is 2. The van der Waals surface area contributed by atoms with Crippen LogP contribution in [0, 0.1) is 0 Å². The van der Waals surface area contributed by atoms with Crippen molar-refractivity contribution in [3.8, 4) is 10.7 Å². The number of benzene rings is 1. The number of thiophene rings is 1. The van der Waals surface area contributed by atoms with Crippen molar-refractivity contribution in [2.24, 2.45) is 0 Å². The molecule has 1 amide bonds. The maximum Gasteiger partial charge on any atom is 0.416 e. The molecule has 3 rings (SSSR count). The van der Waals surface area contributed by atoms with Crippen LogP contribution in [0.25, 0.3) is 10.7 Å². The molecule has 2 heterocycles. The first-order valence-corrected chi connectivity index (χ1v) is 9.54. The van der Waals surface area contributed by atoms with E-state index in [1.54, 1.807) is 13.0 Å². The van der Waals surface area contributed by atoms with Gasteiger partial charge in [0.15, 0.2) is 0 Å². The van der Waals surface area contributed by atoms with E-state index < -0.39 is 17.8 Å². The minimum atomic E-state index is -4.41. The Bertz CT molecular complexity index is 923. The molecule has 0 aliphatic heterocycles. The van der Waals surface area contributed by atoms with Crippen LogP contribution in [0.1, 0.15) is 42.8 Å². The molecule has 1 aromatic carbocycles. The lowest BCUT2D eigenvalue weighted by Crippen LogP contribution is -2.26. The Hall–Kier alpha value is -2.68. The van der Waals surface area contributed by atoms with Gasteiger partial charge in [-0.3, -0.25) is 4.79 Å². The Balaban J connectivity index is 1.48. The van der Waals surface area contributed by atoms with E-state index in [0.29, 0.717) is 30.1 Å². The van der Waals surface area contributed by atoms with Crippen molar-refractivity contribution < 1.29 is 22.5 Å². The van der Waals surface area contributed by atoms with Crippen LogP contribution < -0.4 is 5.32 Å². The van der Waals surface area contributed by atoms with Gasteiger partial charge in [0.25, 0.3) is 0 Å². The van der Waals surface area contributed by atoms with Gasteiger partial charge >= 0.3 is 6.18 Å². The molecule has 0 fully saturated rings. The lowest BCUT2D eigenvalue weighted by molar-refractivity contribution is -0.137. The summed E-state index contributed by atoms with van der Waals surface area (Å²) < 4.78 is 43.6. The zero-order valence-electron chi connectivity index (χ0n) is 15.0. The summed E-state index contributed by atoms with van der Waals surface area (Å²) in [5, 5.41) is 8.54. The van der Waals surface area contributed by atoms with E-state index in [0.717, 1.165) is 17.0 Å². The number of aromatic nitrogens is 2. The molecule has 148 valence electrons. The van der Waals surface area contributed by atoms with Crippen LogP contribution in [0.4, 0.5) is 13.2 Å². The summed E-state index contributed by atoms with van der Waals surface area (Å²) in [6.45, 7) is 1.65. The monoisotopic (exact) mass is 409 g/mol. The van der Waals surface area contributed by atoms with E-state index in [-0.39, 0.29) is 12.3 Å². The molecule has 0 unspecified atom stereocenters. The fraction of sp³-hybridized carbons (Fsp3) is 0.316. The Morgan fingerprint density at radius 2 is 2.11 bits per heavy atom. The molecule has 0 aliphatic rings. The van der Waals surface area contributed by atoms with Gasteiger partial charge in [-0.25, -0.2) is 0 Å². The van der Waals surface area contributed by atoms with Gasteiger partial charge in [0.05, 0.1) is 16.5 Å². The highest BCUT2D eigenvalue weighted by molar-refractivity contribution is 7.13. The second-order valence-corrected chi connectivity index (χ2v) is 7.20. The number of halogens is 3. The average Bonchev–Trinajstić information content (AvgIpc) is 3.32. The van der Waals surface area contributed by atoms with Crippen molar-refractivity contribution in [3.63, 3.8) is 0 Å². The van der Waals surface area contributed by atoms with Crippen molar-refractivity contribution in [1.82, 2.24) is 15.5 Å². The van der Waals surface area contributed by atoms with E-state index in [2.05, 4.69) is 15.5 Å². The molecule has 2 aromatic heterocycles. The number of rotatable bonds is 7. The minimum absolute atomic E-state index is 0.208. The summed E-state index contributed by atoms with van der Waals surface area (Å²) in [5.41, 5.74) is -0.329. The fourth-order valence-electron chi connectivity index (χ4n) is 2.64. The number of aryl methyl sites for hydroxylation is 1. The molecule has 0 spiro atoms. The SMILES string of the molecule is C[C@@H](NC(=O)CCCc1nc(-c2cccs2)no1)c1cccc(C(F)(F)F)c1. The van der Waals surface area contributed by atoms with Crippen molar-refractivity contribution in [3.05, 3.63) is 58.8 Å². The lowest BCUT2D eigenvalue weighted by Gasteiger charge is -2.16. The Morgan fingerprint density at radius 1 is 1.29 bits per heavy atom. The number of hydrogen-bond acceptors (Lipinski definition) is 5. The number of carbonyl (C=O) groups is 1. The van der Waals surface area contributed by atoms with E-state index in [9.17, 15) is 18.0 Å². The predicted octanol–water partition coefficient (Wildman–Crippen LogP) is 5.02. The van der Waals surface area contributed by atoms with E-state index in [1.807, 2.05) is 17.5 Å². The molecule has 5 nitrogen and oxygen atoms in total. The summed E-state index contributed by atoms with van der Waals surface area (Å²) in [6, 6.07) is 8.21. The van der Waals surface area contributed by atoms with Gasteiger partial charge in [-0.15, -0.1) is 11.3 Å². The highest BCUT2D eigenvalue weighted by Crippen LogP contribution is 2.30. The van der Waals surface area contributed by atoms with Crippen LogP contribution in [-0.4, -0.2) is 16.0 Å². The molecular weight excluding hydrogens is 391 g/mol. The molecule has 0 aliphatic carbocycles. The number of alkyl halides is 3. The molecule has 28 heavy (non-hydrogen) atoms. The van der Waals surface area contributed by atoms with Crippen LogP contribution in [0.3, 0.4) is 0 Å². The van der Waals surface area contributed by atoms with Crippen LogP contribution in [0.15, 0.2) is 46.3 Å². The second-order valence-electron chi connectivity index (χ2n) is 6.26. The maximum atomic E-state index is 12.8. The number of carbonyl (C=O) groups excluding carboxylic acids is 1. The molecular formula is C19H18F3N3O2S. The zero-order valence-corrected chi connectivity index (χ0v) is 15.8. The zero-order chi connectivity index (χ0) is 20.1. The van der Waals surface area contributed by atoms with Gasteiger partial charge in [-0.2, -0.15) is 18.2 Å². The standard InChI is InChI=1S/C19H18F3N3O2S/c1-12(13-5-2-6-14(11-13)19(20,21)22)23-16(26)8-3-9-17-24-18(25-27-17)15-7-4-10-28-15/h2,4-7,10-12H,3,8-9H2,1H3,(H,23,26)/t12-/m1/s1. The maximum absolute atomic E-state index is 12.8. The third kappa shape index (κ3) is 5.19. The molecule has 1 N–H and O–H groups in total. The highest BCUT2D eigenvalue weighted by Gasteiger charge is 2.30. The minimum Gasteiger partial charge on any atom is -0.350 e. The number of nitrogens with one attached hydrogen (secondary N) is 1. The van der Waals surface area contributed by atoms with Gasteiger partial charge in [0.1, 0.15) is 0 Å². The summed E-state index contributed by atoms with van der Waals surface area (Å²) in [4.78, 5) is 17.3. The topological polar surface area (TPSA) is 68.0 Å².